The van der Waals surface area contributed by atoms with Crippen molar-refractivity contribution in [2.75, 3.05) is 23.7 Å². The number of benzene rings is 1. The minimum absolute atomic E-state index is 0.0400. The lowest BCUT2D eigenvalue weighted by Gasteiger charge is -2.32. The maximum atomic E-state index is 14.8. The first-order valence-electron chi connectivity index (χ1n) is 9.81. The molecule has 28 heavy (non-hydrogen) atoms. The minimum Gasteiger partial charge on any atom is -0.368 e. The topological polar surface area (TPSA) is 71.3 Å². The first-order valence-corrected chi connectivity index (χ1v) is 11.4. The highest BCUT2D eigenvalue weighted by atomic mass is 32.2. The van der Waals surface area contributed by atoms with Gasteiger partial charge < -0.3 is 9.47 Å². The van der Waals surface area contributed by atoms with Crippen LogP contribution in [0.2, 0.25) is 0 Å². The monoisotopic (exact) mass is 405 g/mol. The Hall–Kier alpha value is -2.00. The molecule has 0 spiro atoms. The maximum Gasteiger partial charge on any atom is 0.214 e. The molecule has 2 aliphatic heterocycles. The lowest BCUT2D eigenvalue weighted by Crippen LogP contribution is -2.43. The van der Waals surface area contributed by atoms with Crippen molar-refractivity contribution in [2.24, 2.45) is 11.8 Å². The van der Waals surface area contributed by atoms with Gasteiger partial charge in [-0.25, -0.2) is 12.8 Å². The van der Waals surface area contributed by atoms with Crippen LogP contribution in [0.1, 0.15) is 31.4 Å². The Bertz CT molecular complexity index is 968. The fourth-order valence-electron chi connectivity index (χ4n) is 4.93. The standard InChI is InChI=1S/C19H24FN5O2S/c1-13-3-2-6-28(26,27)25(13)8-14-4-5-18(17(20)7-14)23-9-15-16(10-23)19(15)24-11-21-22-12-24/h4-5,7,11-13,15-16,19H,2-3,6,8-10H2,1H3/t13-,15-,16+,19?/m0/s1. The van der Waals surface area contributed by atoms with Gasteiger partial charge in [0.2, 0.25) is 10.0 Å². The molecule has 4 atom stereocenters. The van der Waals surface area contributed by atoms with Gasteiger partial charge in [-0.1, -0.05) is 6.07 Å². The van der Waals surface area contributed by atoms with Gasteiger partial charge in [-0.2, -0.15) is 4.31 Å². The SMILES string of the molecule is C[C@H]1CCCS(=O)(=O)N1Cc1ccc(N2C[C@@H]3C(n4cnnc4)[C@@H]3C2)c(F)c1. The Balaban J connectivity index is 1.28. The molecule has 2 saturated heterocycles. The summed E-state index contributed by atoms with van der Waals surface area (Å²) in [4.78, 5) is 2.09. The van der Waals surface area contributed by atoms with E-state index in [1.54, 1.807) is 18.7 Å². The molecule has 1 unspecified atom stereocenters. The molecule has 150 valence electrons. The molecule has 5 rings (SSSR count). The molecule has 3 aliphatic rings. The fourth-order valence-corrected chi connectivity index (χ4v) is 6.70. The Morgan fingerprint density at radius 1 is 1.18 bits per heavy atom. The number of fused-ring (bicyclic) bond motifs is 1. The zero-order valence-corrected chi connectivity index (χ0v) is 16.6. The lowest BCUT2D eigenvalue weighted by atomic mass is 10.1. The van der Waals surface area contributed by atoms with Crippen LogP contribution in [0.25, 0.3) is 0 Å². The van der Waals surface area contributed by atoms with Gasteiger partial charge in [-0.05, 0) is 37.5 Å². The normalized spacial score (nSPS) is 31.7. The summed E-state index contributed by atoms with van der Waals surface area (Å²) < 4.78 is 43.1. The number of hydrogen-bond donors (Lipinski definition) is 0. The van der Waals surface area contributed by atoms with E-state index in [0.29, 0.717) is 35.5 Å². The molecular weight excluding hydrogens is 381 g/mol. The van der Waals surface area contributed by atoms with E-state index in [2.05, 4.69) is 15.1 Å². The number of aromatic nitrogens is 3. The third-order valence-corrected chi connectivity index (χ3v) is 8.50. The Kier molecular flexibility index (Phi) is 4.20. The first-order chi connectivity index (χ1) is 13.4. The molecule has 0 amide bonds. The van der Waals surface area contributed by atoms with E-state index < -0.39 is 10.0 Å². The highest BCUT2D eigenvalue weighted by Crippen LogP contribution is 2.55. The van der Waals surface area contributed by atoms with E-state index >= 15 is 0 Å². The molecule has 2 aromatic rings. The number of rotatable bonds is 4. The molecule has 1 aliphatic carbocycles. The van der Waals surface area contributed by atoms with Crippen LogP contribution in [-0.4, -0.2) is 52.4 Å². The van der Waals surface area contributed by atoms with Crippen LogP contribution in [0.5, 0.6) is 0 Å². The van der Waals surface area contributed by atoms with E-state index in [-0.39, 0.29) is 24.2 Å². The molecule has 3 fully saturated rings. The van der Waals surface area contributed by atoms with Crippen LogP contribution in [-0.2, 0) is 16.6 Å². The van der Waals surface area contributed by atoms with Crippen molar-refractivity contribution in [3.63, 3.8) is 0 Å². The molecule has 7 nitrogen and oxygen atoms in total. The van der Waals surface area contributed by atoms with Crippen LogP contribution in [0.4, 0.5) is 10.1 Å². The average Bonchev–Trinajstić information content (AvgIpc) is 3.06. The number of hydrogen-bond acceptors (Lipinski definition) is 5. The van der Waals surface area contributed by atoms with E-state index in [4.69, 9.17) is 0 Å². The highest BCUT2D eigenvalue weighted by molar-refractivity contribution is 7.89. The van der Waals surface area contributed by atoms with Crippen LogP contribution in [0.15, 0.2) is 30.9 Å². The summed E-state index contributed by atoms with van der Waals surface area (Å²) in [6, 6.07) is 5.54. The molecule has 0 N–H and O–H groups in total. The summed E-state index contributed by atoms with van der Waals surface area (Å²) in [6.45, 7) is 3.80. The van der Waals surface area contributed by atoms with Gasteiger partial charge in [0.05, 0.1) is 11.4 Å². The predicted octanol–water partition coefficient (Wildman–Crippen LogP) is 2.04. The predicted molar refractivity (Wildman–Crippen MR) is 103 cm³/mol. The second-order valence-corrected chi connectivity index (χ2v) is 10.3. The zero-order chi connectivity index (χ0) is 19.5. The van der Waals surface area contributed by atoms with Gasteiger partial charge in [-0.3, -0.25) is 0 Å². The molecule has 1 saturated carbocycles. The second kappa shape index (κ2) is 6.52. The molecular formula is C19H24FN5O2S. The van der Waals surface area contributed by atoms with E-state index in [1.807, 2.05) is 17.6 Å². The van der Waals surface area contributed by atoms with Crippen LogP contribution >= 0.6 is 0 Å². The van der Waals surface area contributed by atoms with E-state index in [1.165, 1.54) is 10.4 Å². The summed E-state index contributed by atoms with van der Waals surface area (Å²) in [6.07, 6.45) is 5.04. The fraction of sp³-hybridized carbons (Fsp3) is 0.579. The number of sulfonamides is 1. The summed E-state index contributed by atoms with van der Waals surface area (Å²) in [5.74, 6) is 0.924. The third-order valence-electron chi connectivity index (χ3n) is 6.49. The largest absolute Gasteiger partial charge is 0.368 e. The number of piperidine rings is 1. The van der Waals surface area contributed by atoms with Crippen LogP contribution in [0.3, 0.4) is 0 Å². The molecule has 1 aromatic carbocycles. The molecule has 9 heteroatoms. The van der Waals surface area contributed by atoms with Crippen molar-refractivity contribution >= 4 is 15.7 Å². The van der Waals surface area contributed by atoms with Crippen molar-refractivity contribution < 1.29 is 12.8 Å². The third kappa shape index (κ3) is 3.00. The van der Waals surface area contributed by atoms with Crippen molar-refractivity contribution in [3.8, 4) is 0 Å². The Morgan fingerprint density at radius 3 is 2.54 bits per heavy atom. The summed E-state index contributed by atoms with van der Waals surface area (Å²) in [5, 5.41) is 7.74. The summed E-state index contributed by atoms with van der Waals surface area (Å²) in [5.41, 5.74) is 1.30. The van der Waals surface area contributed by atoms with E-state index in [0.717, 1.165) is 19.5 Å². The molecule has 3 heterocycles. The summed E-state index contributed by atoms with van der Waals surface area (Å²) in [7, 11) is -3.25. The zero-order valence-electron chi connectivity index (χ0n) is 15.8. The van der Waals surface area contributed by atoms with Crippen LogP contribution in [0, 0.1) is 17.7 Å². The van der Waals surface area contributed by atoms with Crippen molar-refractivity contribution in [1.82, 2.24) is 19.1 Å². The Labute approximate surface area is 164 Å². The number of halogens is 1. The van der Waals surface area contributed by atoms with Crippen molar-refractivity contribution in [1.29, 1.82) is 0 Å². The first kappa shape index (κ1) is 18.1. The van der Waals surface area contributed by atoms with Gasteiger partial charge in [0.1, 0.15) is 18.5 Å². The molecule has 0 radical (unpaired) electrons. The van der Waals surface area contributed by atoms with E-state index in [9.17, 15) is 12.8 Å². The average molecular weight is 405 g/mol. The number of nitrogens with zero attached hydrogens (tertiary/aromatic N) is 5. The maximum absolute atomic E-state index is 14.8. The van der Waals surface area contributed by atoms with Gasteiger partial charge in [0, 0.05) is 43.6 Å². The van der Waals surface area contributed by atoms with Gasteiger partial charge >= 0.3 is 0 Å². The van der Waals surface area contributed by atoms with Crippen LogP contribution < -0.4 is 4.90 Å². The van der Waals surface area contributed by atoms with Crippen molar-refractivity contribution in [2.45, 2.75) is 38.4 Å². The highest BCUT2D eigenvalue weighted by Gasteiger charge is 2.57. The van der Waals surface area contributed by atoms with Gasteiger partial charge in [0.15, 0.2) is 0 Å². The molecule has 1 aromatic heterocycles. The molecule has 0 bridgehead atoms. The minimum atomic E-state index is -3.25. The number of anilines is 1. The van der Waals surface area contributed by atoms with Crippen molar-refractivity contribution in [3.05, 3.63) is 42.2 Å². The quantitative estimate of drug-likeness (QED) is 0.779. The van der Waals surface area contributed by atoms with Gasteiger partial charge in [-0.15, -0.1) is 10.2 Å². The summed E-state index contributed by atoms with van der Waals surface area (Å²) >= 11 is 0. The lowest BCUT2D eigenvalue weighted by molar-refractivity contribution is 0.296. The second-order valence-electron chi connectivity index (χ2n) is 8.27. The Morgan fingerprint density at radius 2 is 1.89 bits per heavy atom. The smallest absolute Gasteiger partial charge is 0.214 e. The van der Waals surface area contributed by atoms with Gasteiger partial charge in [0.25, 0.3) is 0 Å².